The Kier molecular flexibility index (Phi) is 5.18. The first-order chi connectivity index (χ1) is 8.54. The number of hydrogen-bond acceptors (Lipinski definition) is 4. The van der Waals surface area contributed by atoms with Gasteiger partial charge in [0.05, 0.1) is 0 Å². The van der Waals surface area contributed by atoms with Crippen molar-refractivity contribution < 1.29 is 26.7 Å². The van der Waals surface area contributed by atoms with Gasteiger partial charge in [-0.05, 0) is 22.0 Å². The number of sulfonamides is 1. The number of aliphatic hydroxyl groups is 1. The molecule has 11 heteroatoms. The molecule has 1 rings (SSSR count). The third-order valence-electron chi connectivity index (χ3n) is 1.91. The predicted octanol–water partition coefficient (Wildman–Crippen LogP) is 1.70. The highest BCUT2D eigenvalue weighted by Gasteiger charge is 2.38. The van der Waals surface area contributed by atoms with Crippen LogP contribution in [-0.2, 0) is 10.0 Å². The lowest BCUT2D eigenvalue weighted by atomic mass is 10.4. The minimum absolute atomic E-state index is 0.286. The van der Waals surface area contributed by atoms with Crippen LogP contribution in [0.25, 0.3) is 0 Å². The van der Waals surface area contributed by atoms with Gasteiger partial charge in [-0.2, -0.15) is 13.2 Å². The Morgan fingerprint density at radius 2 is 2.11 bits per heavy atom. The number of nitrogens with zero attached hydrogens (tertiary/aromatic N) is 1. The molecule has 1 aromatic rings. The number of hydrogen-bond donors (Lipinski definition) is 2. The maximum Gasteiger partial charge on any atom is 0.415 e. The number of pyridine rings is 1. The zero-order valence-corrected chi connectivity index (χ0v) is 12.1. The average molecular weight is 384 g/mol. The van der Waals surface area contributed by atoms with Crippen molar-refractivity contribution in [3.63, 3.8) is 0 Å². The van der Waals surface area contributed by atoms with Gasteiger partial charge in [-0.1, -0.05) is 11.6 Å². The molecule has 1 heterocycles. The molecule has 0 aliphatic carbocycles. The maximum atomic E-state index is 12.0. The number of halogens is 5. The lowest BCUT2D eigenvalue weighted by molar-refractivity contribution is -0.200. The summed E-state index contributed by atoms with van der Waals surface area (Å²) in [5.41, 5.74) is 0. The van der Waals surface area contributed by atoms with E-state index in [1.165, 1.54) is 6.20 Å². The summed E-state index contributed by atoms with van der Waals surface area (Å²) in [5, 5.41) is 8.32. The van der Waals surface area contributed by atoms with Gasteiger partial charge in [-0.15, -0.1) is 0 Å². The first kappa shape index (κ1) is 16.6. The van der Waals surface area contributed by atoms with Gasteiger partial charge in [0.25, 0.3) is 0 Å². The fourth-order valence-corrected chi connectivity index (χ4v) is 2.95. The summed E-state index contributed by atoms with van der Waals surface area (Å²) < 4.78 is 61.4. The normalized spacial score (nSPS) is 14.4. The molecule has 1 aromatic heterocycles. The van der Waals surface area contributed by atoms with E-state index in [0.717, 1.165) is 6.07 Å². The van der Waals surface area contributed by atoms with Crippen molar-refractivity contribution in [2.75, 3.05) is 6.54 Å². The van der Waals surface area contributed by atoms with Crippen molar-refractivity contribution in [3.8, 4) is 0 Å². The molecule has 0 saturated heterocycles. The van der Waals surface area contributed by atoms with E-state index in [-0.39, 0.29) is 4.47 Å². The molecule has 0 radical (unpaired) electrons. The molecule has 1 atom stereocenters. The van der Waals surface area contributed by atoms with Gasteiger partial charge in [0.15, 0.2) is 6.10 Å². The van der Waals surface area contributed by atoms with Gasteiger partial charge in [0.2, 0.25) is 10.0 Å². The second-order valence-electron chi connectivity index (χ2n) is 3.35. The number of aliphatic hydroxyl groups excluding tert-OH is 1. The highest BCUT2D eigenvalue weighted by molar-refractivity contribution is 9.10. The molecule has 5 nitrogen and oxygen atoms in total. The number of nitrogens with one attached hydrogen (secondary N) is 1. The Morgan fingerprint density at radius 1 is 1.53 bits per heavy atom. The summed E-state index contributed by atoms with van der Waals surface area (Å²) in [6.45, 7) is -1.21. The fraction of sp³-hybridized carbons (Fsp3) is 0.375. The molecular formula is C8H7BrClF3N2O3S. The van der Waals surface area contributed by atoms with Crippen LogP contribution in [0.4, 0.5) is 13.2 Å². The number of rotatable bonds is 4. The second kappa shape index (κ2) is 5.92. The summed E-state index contributed by atoms with van der Waals surface area (Å²) in [7, 11) is -4.30. The van der Waals surface area contributed by atoms with Crippen molar-refractivity contribution in [1.82, 2.24) is 9.71 Å². The standard InChI is InChI=1S/C8H7BrClF3N2O3S/c9-4-1-5(7(10)14-2-4)19(17,18)15-3-6(16)8(11,12)13/h1-2,6,15-16H,3H2. The Labute approximate surface area is 120 Å². The highest BCUT2D eigenvalue weighted by atomic mass is 79.9. The van der Waals surface area contributed by atoms with Crippen LogP contribution in [-0.4, -0.2) is 37.3 Å². The Hall–Kier alpha value is -0.420. The van der Waals surface area contributed by atoms with Gasteiger partial charge >= 0.3 is 6.18 Å². The topological polar surface area (TPSA) is 79.3 Å². The van der Waals surface area contributed by atoms with E-state index in [9.17, 15) is 21.6 Å². The Balaban J connectivity index is 2.91. The van der Waals surface area contributed by atoms with Crippen molar-refractivity contribution in [2.24, 2.45) is 0 Å². The lowest BCUT2D eigenvalue weighted by Gasteiger charge is -2.15. The third kappa shape index (κ3) is 4.56. The monoisotopic (exact) mass is 382 g/mol. The molecule has 0 fully saturated rings. The lowest BCUT2D eigenvalue weighted by Crippen LogP contribution is -2.40. The number of alkyl halides is 3. The van der Waals surface area contributed by atoms with Crippen LogP contribution in [0, 0.1) is 0 Å². The molecule has 0 aliphatic rings. The molecule has 19 heavy (non-hydrogen) atoms. The molecule has 1 unspecified atom stereocenters. The minimum atomic E-state index is -4.91. The van der Waals surface area contributed by atoms with E-state index in [4.69, 9.17) is 16.7 Å². The van der Waals surface area contributed by atoms with Crippen LogP contribution in [0.15, 0.2) is 21.6 Å². The Bertz CT molecular complexity index is 567. The predicted molar refractivity (Wildman–Crippen MR) is 64.2 cm³/mol. The van der Waals surface area contributed by atoms with Crippen LogP contribution < -0.4 is 4.72 Å². The largest absolute Gasteiger partial charge is 0.415 e. The van der Waals surface area contributed by atoms with Crippen LogP contribution in [0.5, 0.6) is 0 Å². The first-order valence-corrected chi connectivity index (χ1v) is 7.25. The van der Waals surface area contributed by atoms with E-state index in [1.54, 1.807) is 4.72 Å². The molecule has 0 aliphatic heterocycles. The first-order valence-electron chi connectivity index (χ1n) is 4.59. The van der Waals surface area contributed by atoms with Gasteiger partial charge in [0, 0.05) is 17.2 Å². The maximum absolute atomic E-state index is 12.0. The highest BCUT2D eigenvalue weighted by Crippen LogP contribution is 2.23. The molecule has 0 spiro atoms. The molecule has 0 amide bonds. The van der Waals surface area contributed by atoms with Gasteiger partial charge in [-0.3, -0.25) is 0 Å². The van der Waals surface area contributed by atoms with Crippen LogP contribution in [0.3, 0.4) is 0 Å². The van der Waals surface area contributed by atoms with E-state index < -0.39 is 38.9 Å². The summed E-state index contributed by atoms with van der Waals surface area (Å²) in [6, 6.07) is 1.08. The average Bonchev–Trinajstić information content (AvgIpc) is 2.28. The fourth-order valence-electron chi connectivity index (χ4n) is 0.975. The third-order valence-corrected chi connectivity index (χ3v) is 4.19. The van der Waals surface area contributed by atoms with Crippen LogP contribution in [0.2, 0.25) is 5.15 Å². The summed E-state index contributed by atoms with van der Waals surface area (Å²) in [4.78, 5) is 3.05. The smallest absolute Gasteiger partial charge is 0.382 e. The second-order valence-corrected chi connectivity index (χ2v) is 6.36. The Morgan fingerprint density at radius 3 is 2.63 bits per heavy atom. The van der Waals surface area contributed by atoms with Gasteiger partial charge < -0.3 is 5.11 Å². The molecule has 108 valence electrons. The van der Waals surface area contributed by atoms with E-state index >= 15 is 0 Å². The van der Waals surface area contributed by atoms with Crippen LogP contribution in [0.1, 0.15) is 0 Å². The van der Waals surface area contributed by atoms with E-state index in [0.29, 0.717) is 0 Å². The molecular weight excluding hydrogens is 377 g/mol. The SMILES string of the molecule is O=S(=O)(NCC(O)C(F)(F)F)c1cc(Br)cnc1Cl. The minimum Gasteiger partial charge on any atom is -0.382 e. The summed E-state index contributed by atoms with van der Waals surface area (Å²) in [5.74, 6) is 0. The quantitative estimate of drug-likeness (QED) is 0.776. The van der Waals surface area contributed by atoms with Crippen molar-refractivity contribution in [2.45, 2.75) is 17.2 Å². The van der Waals surface area contributed by atoms with Crippen molar-refractivity contribution in [3.05, 3.63) is 21.9 Å². The van der Waals surface area contributed by atoms with Gasteiger partial charge in [-0.25, -0.2) is 18.1 Å². The number of aromatic nitrogens is 1. The van der Waals surface area contributed by atoms with E-state index in [2.05, 4.69) is 20.9 Å². The summed E-state index contributed by atoms with van der Waals surface area (Å²) in [6.07, 6.45) is -6.49. The summed E-state index contributed by atoms with van der Waals surface area (Å²) >= 11 is 8.51. The molecule has 0 bridgehead atoms. The zero-order valence-electron chi connectivity index (χ0n) is 8.95. The van der Waals surface area contributed by atoms with E-state index in [1.807, 2.05) is 0 Å². The van der Waals surface area contributed by atoms with Crippen molar-refractivity contribution >= 4 is 37.6 Å². The molecule has 0 aromatic carbocycles. The van der Waals surface area contributed by atoms with Crippen LogP contribution >= 0.6 is 27.5 Å². The molecule has 2 N–H and O–H groups in total. The van der Waals surface area contributed by atoms with Gasteiger partial charge in [0.1, 0.15) is 10.0 Å². The zero-order chi connectivity index (χ0) is 14.8. The molecule has 0 saturated carbocycles. The van der Waals surface area contributed by atoms with Crippen molar-refractivity contribution in [1.29, 1.82) is 0 Å².